The van der Waals surface area contributed by atoms with Crippen LogP contribution in [0.15, 0.2) is 12.0 Å². The van der Waals surface area contributed by atoms with E-state index >= 15 is 0 Å². The molecular formula is C15H23NO5. The van der Waals surface area contributed by atoms with Gasteiger partial charge in [-0.15, -0.1) is 0 Å². The lowest BCUT2D eigenvalue weighted by molar-refractivity contribution is -0.149. The highest BCUT2D eigenvalue weighted by Gasteiger charge is 2.28. The molecule has 1 N–H and O–H groups in total. The van der Waals surface area contributed by atoms with Crippen LogP contribution in [0.25, 0.3) is 0 Å². The summed E-state index contributed by atoms with van der Waals surface area (Å²) < 4.78 is 15.0. The first-order valence-electron chi connectivity index (χ1n) is 7.49. The Balaban J connectivity index is 1.74. The second-order valence-electron chi connectivity index (χ2n) is 5.72. The van der Waals surface area contributed by atoms with Crippen LogP contribution in [-0.4, -0.2) is 37.7 Å². The molecule has 0 radical (unpaired) electrons. The van der Waals surface area contributed by atoms with Crippen molar-refractivity contribution in [3.8, 4) is 0 Å². The Bertz CT molecular complexity index is 420. The lowest BCUT2D eigenvalue weighted by atomic mass is 9.78. The molecule has 0 unspecified atom stereocenters. The third-order valence-electron chi connectivity index (χ3n) is 4.24. The van der Waals surface area contributed by atoms with Crippen molar-refractivity contribution in [1.82, 2.24) is 5.32 Å². The van der Waals surface area contributed by atoms with Gasteiger partial charge in [0.05, 0.1) is 0 Å². The van der Waals surface area contributed by atoms with Crippen LogP contribution in [0.3, 0.4) is 0 Å². The van der Waals surface area contributed by atoms with E-state index in [0.29, 0.717) is 25.0 Å². The van der Waals surface area contributed by atoms with Gasteiger partial charge in [-0.25, -0.2) is 4.79 Å². The number of nitrogens with one attached hydrogen (secondary N) is 1. The van der Waals surface area contributed by atoms with Gasteiger partial charge in [0.2, 0.25) is 5.76 Å². The first-order valence-corrected chi connectivity index (χ1v) is 7.49. The minimum atomic E-state index is -0.671. The van der Waals surface area contributed by atoms with Crippen molar-refractivity contribution in [2.75, 3.05) is 19.8 Å². The number of rotatable bonds is 4. The van der Waals surface area contributed by atoms with Crippen molar-refractivity contribution in [2.45, 2.75) is 39.2 Å². The number of carbonyl (C=O) groups excluding carboxylic acids is 2. The van der Waals surface area contributed by atoms with Gasteiger partial charge >= 0.3 is 5.97 Å². The monoisotopic (exact) mass is 297 g/mol. The topological polar surface area (TPSA) is 73.9 Å². The van der Waals surface area contributed by atoms with Crippen LogP contribution in [0.1, 0.15) is 33.1 Å². The zero-order chi connectivity index (χ0) is 15.2. The van der Waals surface area contributed by atoms with Crippen molar-refractivity contribution < 1.29 is 23.8 Å². The van der Waals surface area contributed by atoms with Crippen molar-refractivity contribution in [3.05, 3.63) is 12.0 Å². The zero-order valence-corrected chi connectivity index (χ0v) is 12.6. The summed E-state index contributed by atoms with van der Waals surface area (Å²) in [7, 11) is 0. The van der Waals surface area contributed by atoms with Crippen LogP contribution in [0.4, 0.5) is 0 Å². The number of hydrogen-bond acceptors (Lipinski definition) is 5. The third-order valence-corrected chi connectivity index (χ3v) is 4.24. The molecule has 1 saturated carbocycles. The Morgan fingerprint density at radius 1 is 1.33 bits per heavy atom. The van der Waals surface area contributed by atoms with Gasteiger partial charge in [-0.2, -0.15) is 0 Å². The molecule has 6 nitrogen and oxygen atoms in total. The van der Waals surface area contributed by atoms with Gasteiger partial charge in [0, 0.05) is 6.04 Å². The first kappa shape index (κ1) is 15.7. The highest BCUT2D eigenvalue weighted by molar-refractivity contribution is 5.88. The first-order chi connectivity index (χ1) is 10.1. The summed E-state index contributed by atoms with van der Waals surface area (Å²) in [5.74, 6) is 0.107. The molecule has 118 valence electrons. The van der Waals surface area contributed by atoms with Crippen molar-refractivity contribution in [1.29, 1.82) is 0 Å². The van der Waals surface area contributed by atoms with E-state index in [4.69, 9.17) is 14.2 Å². The smallest absolute Gasteiger partial charge is 0.377 e. The van der Waals surface area contributed by atoms with Crippen LogP contribution in [0.5, 0.6) is 0 Å². The molecule has 2 rings (SSSR count). The number of carbonyl (C=O) groups is 2. The van der Waals surface area contributed by atoms with Crippen molar-refractivity contribution in [3.63, 3.8) is 0 Å². The van der Waals surface area contributed by atoms with Gasteiger partial charge in [-0.05, 0) is 18.3 Å². The summed E-state index contributed by atoms with van der Waals surface area (Å²) in [6, 6.07) is 0.161. The Labute approximate surface area is 124 Å². The Morgan fingerprint density at radius 2 is 2.14 bits per heavy atom. The van der Waals surface area contributed by atoms with Gasteiger partial charge in [0.1, 0.15) is 19.5 Å². The number of amides is 1. The second-order valence-corrected chi connectivity index (χ2v) is 5.72. The van der Waals surface area contributed by atoms with E-state index in [1.165, 1.54) is 12.7 Å². The predicted molar refractivity (Wildman–Crippen MR) is 75.1 cm³/mol. The van der Waals surface area contributed by atoms with E-state index in [-0.39, 0.29) is 24.3 Å². The fourth-order valence-electron chi connectivity index (χ4n) is 2.71. The highest BCUT2D eigenvalue weighted by atomic mass is 16.6. The van der Waals surface area contributed by atoms with Crippen LogP contribution >= 0.6 is 0 Å². The molecule has 0 aromatic rings. The zero-order valence-electron chi connectivity index (χ0n) is 12.6. The fraction of sp³-hybridized carbons (Fsp3) is 0.733. The molecular weight excluding hydrogens is 274 g/mol. The molecule has 2 aliphatic rings. The minimum Gasteiger partial charge on any atom is -0.493 e. The molecule has 0 saturated heterocycles. The van der Waals surface area contributed by atoms with E-state index in [2.05, 4.69) is 19.2 Å². The van der Waals surface area contributed by atoms with Gasteiger partial charge in [-0.3, -0.25) is 4.79 Å². The number of esters is 1. The third kappa shape index (κ3) is 4.37. The van der Waals surface area contributed by atoms with Crippen LogP contribution in [-0.2, 0) is 23.8 Å². The lowest BCUT2D eigenvalue weighted by Gasteiger charge is -2.34. The molecule has 21 heavy (non-hydrogen) atoms. The number of ether oxygens (including phenoxy) is 3. The molecule has 6 heteroatoms. The molecule has 1 aliphatic heterocycles. The second kappa shape index (κ2) is 7.33. The van der Waals surface area contributed by atoms with Crippen molar-refractivity contribution in [2.24, 2.45) is 11.8 Å². The fourth-order valence-corrected chi connectivity index (χ4v) is 2.71. The van der Waals surface area contributed by atoms with Crippen LogP contribution < -0.4 is 5.32 Å². The summed E-state index contributed by atoms with van der Waals surface area (Å²) in [6.07, 6.45) is 4.52. The van der Waals surface area contributed by atoms with Crippen LogP contribution in [0, 0.1) is 11.8 Å². The lowest BCUT2D eigenvalue weighted by Crippen LogP contribution is -2.45. The Kier molecular flexibility index (Phi) is 5.47. The van der Waals surface area contributed by atoms with Gasteiger partial charge in [0.25, 0.3) is 5.91 Å². The normalized spacial score (nSPS) is 28.7. The molecule has 3 atom stereocenters. The quantitative estimate of drug-likeness (QED) is 0.793. The average molecular weight is 297 g/mol. The maximum atomic E-state index is 11.9. The molecule has 1 amide bonds. The summed E-state index contributed by atoms with van der Waals surface area (Å²) >= 11 is 0. The van der Waals surface area contributed by atoms with E-state index < -0.39 is 5.97 Å². The summed E-state index contributed by atoms with van der Waals surface area (Å²) in [5, 5.41) is 2.95. The molecule has 0 bridgehead atoms. The van der Waals surface area contributed by atoms with Gasteiger partial charge in [0.15, 0.2) is 6.61 Å². The number of hydrogen-bond donors (Lipinski definition) is 1. The van der Waals surface area contributed by atoms with Gasteiger partial charge in [-0.1, -0.05) is 26.7 Å². The Hall–Kier alpha value is -1.72. The maximum Gasteiger partial charge on any atom is 0.377 e. The SMILES string of the molecule is C[C@@H]1[C@@H](C)CCC[C@H]1NC(=O)COC(=O)C1=COCCO1. The summed E-state index contributed by atoms with van der Waals surface area (Å²) in [6.45, 7) is 4.78. The van der Waals surface area contributed by atoms with Crippen molar-refractivity contribution >= 4 is 11.9 Å². The molecule has 1 heterocycles. The minimum absolute atomic E-state index is 0.00806. The maximum absolute atomic E-state index is 11.9. The van der Waals surface area contributed by atoms with E-state index in [0.717, 1.165) is 12.8 Å². The predicted octanol–water partition coefficient (Wildman–Crippen LogP) is 1.36. The van der Waals surface area contributed by atoms with E-state index in [1.54, 1.807) is 0 Å². The standard InChI is InChI=1S/C15H23NO5/c1-10-4-3-5-12(11(10)2)16-14(17)9-21-15(18)13-8-19-6-7-20-13/h8,10-12H,3-7,9H2,1-2H3,(H,16,17)/t10-,11+,12+/m0/s1. The van der Waals surface area contributed by atoms with Gasteiger partial charge < -0.3 is 19.5 Å². The molecule has 0 aromatic carbocycles. The largest absolute Gasteiger partial charge is 0.493 e. The summed E-state index contributed by atoms with van der Waals surface area (Å²) in [5.41, 5.74) is 0. The molecule has 0 aromatic heterocycles. The van der Waals surface area contributed by atoms with E-state index in [9.17, 15) is 9.59 Å². The average Bonchev–Trinajstić information content (AvgIpc) is 2.50. The van der Waals surface area contributed by atoms with E-state index in [1.807, 2.05) is 0 Å². The molecule has 0 spiro atoms. The highest BCUT2D eigenvalue weighted by Crippen LogP contribution is 2.29. The molecule has 1 fully saturated rings. The van der Waals surface area contributed by atoms with Crippen LogP contribution in [0.2, 0.25) is 0 Å². The molecule has 1 aliphatic carbocycles. The Morgan fingerprint density at radius 3 is 2.86 bits per heavy atom. The summed E-state index contributed by atoms with van der Waals surface area (Å²) in [4.78, 5) is 23.5.